The minimum atomic E-state index is -0.602. The van der Waals surface area contributed by atoms with Gasteiger partial charge in [-0.15, -0.1) is 23.4 Å². The molecule has 0 aromatic heterocycles. The number of hydrogen-bond acceptors (Lipinski definition) is 3. The number of ether oxygens (including phenoxy) is 1. The Hall–Kier alpha value is -0.670. The minimum absolute atomic E-state index is 0.384. The molecular formula is C11H13ClO2S. The van der Waals surface area contributed by atoms with Gasteiger partial charge in [0.25, 0.3) is 0 Å². The van der Waals surface area contributed by atoms with Crippen molar-refractivity contribution in [2.75, 3.05) is 13.4 Å². The van der Waals surface area contributed by atoms with E-state index in [1.165, 1.54) is 12.0 Å². The Morgan fingerprint density at radius 3 is 2.53 bits per heavy atom. The lowest BCUT2D eigenvalue weighted by molar-refractivity contribution is -0.140. The van der Waals surface area contributed by atoms with Crippen molar-refractivity contribution < 1.29 is 9.53 Å². The second-order valence-electron chi connectivity index (χ2n) is 3.04. The average molecular weight is 245 g/mol. The summed E-state index contributed by atoms with van der Waals surface area (Å²) >= 11 is 7.54. The van der Waals surface area contributed by atoms with Crippen molar-refractivity contribution in [2.24, 2.45) is 0 Å². The molecule has 0 spiro atoms. The van der Waals surface area contributed by atoms with Gasteiger partial charge in [0.15, 0.2) is 0 Å². The molecule has 82 valence electrons. The van der Waals surface area contributed by atoms with Crippen molar-refractivity contribution in [3.8, 4) is 0 Å². The zero-order valence-electron chi connectivity index (χ0n) is 8.70. The third-order valence-electron chi connectivity index (χ3n) is 2.03. The minimum Gasteiger partial charge on any atom is -0.468 e. The predicted octanol–water partition coefficient (Wildman–Crippen LogP) is 2.73. The molecule has 0 heterocycles. The van der Waals surface area contributed by atoms with E-state index >= 15 is 0 Å². The van der Waals surface area contributed by atoms with Crippen LogP contribution in [-0.4, -0.2) is 24.7 Å². The number of hydrogen-bond donors (Lipinski definition) is 0. The Kier molecular flexibility index (Phi) is 4.99. The Labute approximate surface area is 99.0 Å². The molecule has 2 nitrogen and oxygen atoms in total. The molecule has 0 radical (unpaired) electrons. The highest BCUT2D eigenvalue weighted by molar-refractivity contribution is 7.98. The third kappa shape index (κ3) is 3.76. The van der Waals surface area contributed by atoms with E-state index in [1.54, 1.807) is 11.8 Å². The molecule has 0 saturated carbocycles. The van der Waals surface area contributed by atoms with E-state index in [1.807, 2.05) is 30.5 Å². The van der Waals surface area contributed by atoms with Crippen LogP contribution in [-0.2, 0) is 16.0 Å². The number of carbonyl (C=O) groups is 1. The van der Waals surface area contributed by atoms with E-state index < -0.39 is 5.38 Å². The van der Waals surface area contributed by atoms with Crippen LogP contribution in [0.4, 0.5) is 0 Å². The van der Waals surface area contributed by atoms with Gasteiger partial charge in [-0.1, -0.05) is 12.1 Å². The van der Waals surface area contributed by atoms with E-state index in [0.29, 0.717) is 6.42 Å². The van der Waals surface area contributed by atoms with Gasteiger partial charge in [0.1, 0.15) is 5.38 Å². The largest absolute Gasteiger partial charge is 0.468 e. The summed E-state index contributed by atoms with van der Waals surface area (Å²) in [6.07, 6.45) is 2.52. The number of methoxy groups -OCH3 is 1. The summed E-state index contributed by atoms with van der Waals surface area (Å²) in [5, 5.41) is -0.602. The lowest BCUT2D eigenvalue weighted by Gasteiger charge is -2.07. The quantitative estimate of drug-likeness (QED) is 0.463. The standard InChI is InChI=1S/C11H13ClO2S/c1-14-11(13)10(12)7-8-3-5-9(15-2)6-4-8/h3-6,10H,7H2,1-2H3. The first-order valence-electron chi connectivity index (χ1n) is 4.52. The van der Waals surface area contributed by atoms with Crippen molar-refractivity contribution >= 4 is 29.3 Å². The van der Waals surface area contributed by atoms with Gasteiger partial charge in [-0.2, -0.15) is 0 Å². The first-order chi connectivity index (χ1) is 7.17. The van der Waals surface area contributed by atoms with E-state index in [4.69, 9.17) is 11.6 Å². The summed E-state index contributed by atoms with van der Waals surface area (Å²) in [5.41, 5.74) is 1.04. The molecule has 0 saturated heterocycles. The van der Waals surface area contributed by atoms with Crippen LogP contribution in [0.2, 0.25) is 0 Å². The topological polar surface area (TPSA) is 26.3 Å². The summed E-state index contributed by atoms with van der Waals surface area (Å²) in [7, 11) is 1.34. The Bertz CT molecular complexity index is 324. The summed E-state index contributed by atoms with van der Waals surface area (Å²) in [6.45, 7) is 0. The molecule has 1 atom stereocenters. The summed E-state index contributed by atoms with van der Waals surface area (Å²) in [4.78, 5) is 12.3. The van der Waals surface area contributed by atoms with Crippen molar-refractivity contribution in [3.05, 3.63) is 29.8 Å². The predicted molar refractivity (Wildman–Crippen MR) is 63.6 cm³/mol. The van der Waals surface area contributed by atoms with Crippen LogP contribution in [0.15, 0.2) is 29.2 Å². The van der Waals surface area contributed by atoms with Gasteiger partial charge >= 0.3 is 5.97 Å². The zero-order chi connectivity index (χ0) is 11.3. The number of esters is 1. The molecule has 0 fully saturated rings. The van der Waals surface area contributed by atoms with E-state index in [-0.39, 0.29) is 5.97 Å². The van der Waals surface area contributed by atoms with Gasteiger partial charge in [-0.3, -0.25) is 4.79 Å². The number of benzene rings is 1. The van der Waals surface area contributed by atoms with Crippen molar-refractivity contribution in [3.63, 3.8) is 0 Å². The van der Waals surface area contributed by atoms with E-state index in [9.17, 15) is 4.79 Å². The van der Waals surface area contributed by atoms with Gasteiger partial charge in [-0.25, -0.2) is 0 Å². The second kappa shape index (κ2) is 6.03. The fourth-order valence-electron chi connectivity index (χ4n) is 1.18. The third-order valence-corrected chi connectivity index (χ3v) is 3.11. The maximum absolute atomic E-state index is 11.1. The molecule has 1 aromatic rings. The molecule has 0 aliphatic carbocycles. The Balaban J connectivity index is 2.60. The number of thioether (sulfide) groups is 1. The number of alkyl halides is 1. The monoisotopic (exact) mass is 244 g/mol. The summed E-state index contributed by atoms with van der Waals surface area (Å²) in [6, 6.07) is 7.98. The Morgan fingerprint density at radius 1 is 1.47 bits per heavy atom. The van der Waals surface area contributed by atoms with Gasteiger partial charge in [0, 0.05) is 4.90 Å². The van der Waals surface area contributed by atoms with E-state index in [2.05, 4.69) is 4.74 Å². The molecule has 0 aliphatic rings. The van der Waals surface area contributed by atoms with Crippen LogP contribution >= 0.6 is 23.4 Å². The van der Waals surface area contributed by atoms with Crippen molar-refractivity contribution in [1.82, 2.24) is 0 Å². The number of halogens is 1. The Morgan fingerprint density at radius 2 is 2.07 bits per heavy atom. The second-order valence-corrected chi connectivity index (χ2v) is 4.45. The zero-order valence-corrected chi connectivity index (χ0v) is 10.3. The molecule has 0 N–H and O–H groups in total. The van der Waals surface area contributed by atoms with Crippen LogP contribution in [0.25, 0.3) is 0 Å². The molecule has 1 rings (SSSR count). The molecule has 15 heavy (non-hydrogen) atoms. The average Bonchev–Trinajstić information content (AvgIpc) is 2.29. The van der Waals surface area contributed by atoms with Crippen molar-refractivity contribution in [1.29, 1.82) is 0 Å². The first kappa shape index (κ1) is 12.4. The lowest BCUT2D eigenvalue weighted by Crippen LogP contribution is -2.18. The first-order valence-corrected chi connectivity index (χ1v) is 6.18. The number of carbonyl (C=O) groups excluding carboxylic acids is 1. The number of rotatable bonds is 4. The van der Waals surface area contributed by atoms with Gasteiger partial charge in [-0.05, 0) is 30.4 Å². The fourth-order valence-corrected chi connectivity index (χ4v) is 1.86. The summed E-state index contributed by atoms with van der Waals surface area (Å²) in [5.74, 6) is -0.384. The van der Waals surface area contributed by atoms with E-state index in [0.717, 1.165) is 5.56 Å². The van der Waals surface area contributed by atoms with Crippen LogP contribution < -0.4 is 0 Å². The molecule has 0 aliphatic heterocycles. The maximum Gasteiger partial charge on any atom is 0.324 e. The SMILES string of the molecule is COC(=O)C(Cl)Cc1ccc(SC)cc1. The molecule has 1 aromatic carbocycles. The van der Waals surface area contributed by atoms with Crippen LogP contribution in [0.5, 0.6) is 0 Å². The van der Waals surface area contributed by atoms with Crippen LogP contribution in [0, 0.1) is 0 Å². The van der Waals surface area contributed by atoms with Gasteiger partial charge < -0.3 is 4.74 Å². The summed E-state index contributed by atoms with van der Waals surface area (Å²) < 4.78 is 4.55. The lowest BCUT2D eigenvalue weighted by atomic mass is 10.1. The van der Waals surface area contributed by atoms with Crippen LogP contribution in [0.1, 0.15) is 5.56 Å². The smallest absolute Gasteiger partial charge is 0.324 e. The molecule has 0 amide bonds. The molecule has 4 heteroatoms. The highest BCUT2D eigenvalue weighted by Crippen LogP contribution is 2.17. The molecule has 1 unspecified atom stereocenters. The molecular weight excluding hydrogens is 232 g/mol. The highest BCUT2D eigenvalue weighted by Gasteiger charge is 2.15. The maximum atomic E-state index is 11.1. The normalized spacial score (nSPS) is 12.2. The molecule has 0 bridgehead atoms. The fraction of sp³-hybridized carbons (Fsp3) is 0.364. The van der Waals surface area contributed by atoms with Gasteiger partial charge in [0.2, 0.25) is 0 Å². The van der Waals surface area contributed by atoms with Crippen molar-refractivity contribution in [2.45, 2.75) is 16.7 Å². The highest BCUT2D eigenvalue weighted by atomic mass is 35.5. The van der Waals surface area contributed by atoms with Crippen LogP contribution in [0.3, 0.4) is 0 Å². The van der Waals surface area contributed by atoms with Gasteiger partial charge in [0.05, 0.1) is 7.11 Å².